The Bertz CT molecular complexity index is 1410. The van der Waals surface area contributed by atoms with Gasteiger partial charge in [0.15, 0.2) is 0 Å². The summed E-state index contributed by atoms with van der Waals surface area (Å²) in [7, 11) is 0. The maximum atomic E-state index is 11.0. The summed E-state index contributed by atoms with van der Waals surface area (Å²) >= 11 is -1.98. The molecule has 0 saturated carbocycles. The molecular formula is C32H27N2O3Sn. The number of azo groups is 1. The number of aryl methyl sites for hydroxylation is 1. The van der Waals surface area contributed by atoms with Crippen molar-refractivity contribution in [2.24, 2.45) is 10.2 Å². The maximum absolute atomic E-state index is 11.0. The van der Waals surface area contributed by atoms with E-state index in [-0.39, 0.29) is 17.0 Å². The fourth-order valence-corrected chi connectivity index (χ4v) is 11.2. The summed E-state index contributed by atoms with van der Waals surface area (Å²) in [5.74, 6) is -1.06. The molecule has 1 radical (unpaired) electrons. The Morgan fingerprint density at radius 2 is 1.05 bits per heavy atom. The van der Waals surface area contributed by atoms with Gasteiger partial charge >= 0.3 is 127 Å². The van der Waals surface area contributed by atoms with Crippen molar-refractivity contribution in [2.75, 3.05) is 0 Å². The zero-order chi connectivity index (χ0) is 26.7. The first-order chi connectivity index (χ1) is 18.5. The van der Waals surface area contributed by atoms with Gasteiger partial charge in [-0.1, -0.05) is 18.2 Å². The summed E-state index contributed by atoms with van der Waals surface area (Å²) in [4.78, 5) is 11.0. The van der Waals surface area contributed by atoms with E-state index in [2.05, 4.69) is 101 Å². The number of benzene rings is 5. The third kappa shape index (κ3) is 7.17. The minimum atomic E-state index is -1.98. The van der Waals surface area contributed by atoms with Crippen LogP contribution in [-0.2, 0) is 0 Å². The topological polar surface area (TPSA) is 82.2 Å². The Kier molecular flexibility index (Phi) is 9.42. The number of rotatable bonds is 6. The van der Waals surface area contributed by atoms with Gasteiger partial charge in [0, 0.05) is 0 Å². The van der Waals surface area contributed by atoms with Crippen molar-refractivity contribution < 1.29 is 15.0 Å². The molecule has 0 bridgehead atoms. The SMILES string of the molecule is Cc1ccc(O)c(N=Nc2ccccc2C(=O)O)c1.c1cc[c]([Sn]([c]2ccccc2)[c]2ccccc2)cc1. The number of aromatic carboxylic acids is 1. The van der Waals surface area contributed by atoms with Crippen molar-refractivity contribution >= 4 is 47.8 Å². The molecule has 0 aliphatic heterocycles. The van der Waals surface area contributed by atoms with Crippen molar-refractivity contribution in [3.8, 4) is 5.75 Å². The van der Waals surface area contributed by atoms with Gasteiger partial charge in [0.2, 0.25) is 0 Å². The summed E-state index contributed by atoms with van der Waals surface area (Å²) < 4.78 is 4.59. The molecule has 5 nitrogen and oxygen atoms in total. The van der Waals surface area contributed by atoms with Gasteiger partial charge in [0.25, 0.3) is 0 Å². The number of nitrogens with zero attached hydrogens (tertiary/aromatic N) is 2. The number of hydrogen-bond donors (Lipinski definition) is 2. The van der Waals surface area contributed by atoms with Crippen molar-refractivity contribution in [3.05, 3.63) is 145 Å². The van der Waals surface area contributed by atoms with Gasteiger partial charge < -0.3 is 10.2 Å². The molecule has 0 atom stereocenters. The van der Waals surface area contributed by atoms with Crippen LogP contribution in [0.5, 0.6) is 5.75 Å². The molecule has 5 aromatic carbocycles. The van der Waals surface area contributed by atoms with E-state index in [0.717, 1.165) is 5.56 Å². The van der Waals surface area contributed by atoms with E-state index in [9.17, 15) is 9.90 Å². The van der Waals surface area contributed by atoms with Crippen LogP contribution < -0.4 is 10.7 Å². The van der Waals surface area contributed by atoms with Gasteiger partial charge in [0.05, 0.1) is 5.56 Å². The molecule has 0 fully saturated rings. The molecule has 0 amide bonds. The Hall–Kier alpha value is -4.23. The fourth-order valence-electron chi connectivity index (χ4n) is 3.88. The van der Waals surface area contributed by atoms with Crippen LogP contribution in [0.3, 0.4) is 0 Å². The summed E-state index contributed by atoms with van der Waals surface area (Å²) in [6, 6.07) is 44.2. The average molecular weight is 606 g/mol. The normalized spacial score (nSPS) is 10.7. The average Bonchev–Trinajstić information content (AvgIpc) is 2.96. The van der Waals surface area contributed by atoms with Crippen LogP contribution in [0.15, 0.2) is 144 Å². The van der Waals surface area contributed by atoms with Crippen LogP contribution in [0.2, 0.25) is 0 Å². The Morgan fingerprint density at radius 3 is 1.55 bits per heavy atom. The molecule has 0 unspecified atom stereocenters. The third-order valence-electron chi connectivity index (χ3n) is 5.72. The standard InChI is InChI=1S/C14H12N2O3.3C6H5.Sn/c1-9-6-7-13(17)12(8-9)16-15-11-5-3-2-4-10(11)14(18)19;3*1-2-4-6-5-3-1;/h2-8,17H,1H3,(H,18,19);3*1-5H;. The predicted molar refractivity (Wildman–Crippen MR) is 154 cm³/mol. The van der Waals surface area contributed by atoms with Crippen molar-refractivity contribution in [1.29, 1.82) is 0 Å². The first-order valence-electron chi connectivity index (χ1n) is 12.1. The molecule has 2 N–H and O–H groups in total. The van der Waals surface area contributed by atoms with Crippen molar-refractivity contribution in [1.82, 2.24) is 0 Å². The van der Waals surface area contributed by atoms with Gasteiger partial charge in [-0.05, 0) is 36.8 Å². The monoisotopic (exact) mass is 607 g/mol. The van der Waals surface area contributed by atoms with E-state index < -0.39 is 25.7 Å². The molecule has 38 heavy (non-hydrogen) atoms. The van der Waals surface area contributed by atoms with Crippen LogP contribution in [0.25, 0.3) is 0 Å². The molecule has 187 valence electrons. The van der Waals surface area contributed by atoms with Crippen molar-refractivity contribution in [2.45, 2.75) is 6.92 Å². The number of hydrogen-bond acceptors (Lipinski definition) is 4. The summed E-state index contributed by atoms with van der Waals surface area (Å²) in [5.41, 5.74) is 1.55. The van der Waals surface area contributed by atoms with Crippen LogP contribution in [-0.4, -0.2) is 35.9 Å². The molecule has 6 heteroatoms. The number of phenols is 1. The second-order valence-corrected chi connectivity index (χ2v) is 15.6. The van der Waals surface area contributed by atoms with Crippen LogP contribution in [0.1, 0.15) is 15.9 Å². The molecule has 0 aliphatic rings. The second-order valence-electron chi connectivity index (χ2n) is 8.49. The van der Waals surface area contributed by atoms with E-state index in [1.807, 2.05) is 6.92 Å². The summed E-state index contributed by atoms with van der Waals surface area (Å²) in [5, 5.41) is 26.4. The Morgan fingerprint density at radius 1 is 0.605 bits per heavy atom. The van der Waals surface area contributed by atoms with Gasteiger partial charge in [-0.15, -0.1) is 10.2 Å². The van der Waals surface area contributed by atoms with Crippen molar-refractivity contribution in [3.63, 3.8) is 0 Å². The number of phenolic OH excluding ortho intramolecular Hbond substituents is 1. The molecule has 0 spiro atoms. The predicted octanol–water partition coefficient (Wildman–Crippen LogP) is 6.02. The second kappa shape index (κ2) is 13.4. The summed E-state index contributed by atoms with van der Waals surface area (Å²) in [6.45, 7) is 1.86. The van der Waals surface area contributed by atoms with Crippen LogP contribution in [0.4, 0.5) is 11.4 Å². The summed E-state index contributed by atoms with van der Waals surface area (Å²) in [6.07, 6.45) is 0. The minimum absolute atomic E-state index is 0.00200. The van der Waals surface area contributed by atoms with Crippen LogP contribution in [0, 0.1) is 6.92 Å². The molecule has 5 rings (SSSR count). The quantitative estimate of drug-likeness (QED) is 0.183. The van der Waals surface area contributed by atoms with E-state index in [4.69, 9.17) is 5.11 Å². The first-order valence-corrected chi connectivity index (χ1v) is 16.4. The number of carboxylic acid groups (broad SMARTS) is 1. The molecule has 0 heterocycles. The number of carbonyl (C=O) groups is 1. The molecule has 0 aromatic heterocycles. The zero-order valence-electron chi connectivity index (χ0n) is 20.9. The van der Waals surface area contributed by atoms with Gasteiger partial charge in [0.1, 0.15) is 17.1 Å². The van der Waals surface area contributed by atoms with E-state index in [0.29, 0.717) is 5.69 Å². The fraction of sp³-hybridized carbons (Fsp3) is 0.0312. The zero-order valence-corrected chi connectivity index (χ0v) is 23.8. The van der Waals surface area contributed by atoms with Gasteiger partial charge in [-0.25, -0.2) is 4.79 Å². The Labute approximate surface area is 229 Å². The molecular weight excluding hydrogens is 579 g/mol. The van der Waals surface area contributed by atoms with Crippen LogP contribution >= 0.6 is 0 Å². The number of aromatic hydroxyl groups is 1. The van der Waals surface area contributed by atoms with Gasteiger partial charge in [-0.3, -0.25) is 0 Å². The van der Waals surface area contributed by atoms with E-state index in [1.165, 1.54) is 22.9 Å². The molecule has 0 aliphatic carbocycles. The van der Waals surface area contributed by atoms with E-state index in [1.54, 1.807) is 30.3 Å². The van der Waals surface area contributed by atoms with Gasteiger partial charge in [-0.2, -0.15) is 0 Å². The first kappa shape index (κ1) is 26.8. The van der Waals surface area contributed by atoms with E-state index >= 15 is 0 Å². The number of carboxylic acids is 1. The molecule has 0 saturated heterocycles. The third-order valence-corrected chi connectivity index (χ3v) is 13.5. The molecule has 5 aromatic rings. The Balaban J connectivity index is 0.000000177.